The summed E-state index contributed by atoms with van der Waals surface area (Å²) in [5.74, 6) is 6.93. The minimum atomic E-state index is 0.921. The molecule has 206 valence electrons. The molecule has 0 saturated heterocycles. The van der Waals surface area contributed by atoms with Crippen LogP contribution in [0.15, 0.2) is 90.5 Å². The number of fused-ring (bicyclic) bond motifs is 6. The summed E-state index contributed by atoms with van der Waals surface area (Å²) in [6.07, 6.45) is 18.3. The predicted octanol–water partition coefficient (Wildman–Crippen LogP) is 11.6. The molecule has 0 spiro atoms. The maximum absolute atomic E-state index is 3.49. The Balaban J connectivity index is 1.06. The number of aryl methyl sites for hydroxylation is 1. The van der Waals surface area contributed by atoms with Crippen LogP contribution in [0.25, 0.3) is 38.4 Å². The number of benzene rings is 5. The quantitative estimate of drug-likeness (QED) is 0.0684. The van der Waals surface area contributed by atoms with Crippen LogP contribution in [0.5, 0.6) is 0 Å². The smallest absolute Gasteiger partial charge is 0.0249 e. The first kappa shape index (κ1) is 27.4. The lowest BCUT2D eigenvalue weighted by Crippen LogP contribution is -1.87. The number of rotatable bonds is 11. The molecule has 0 aliphatic heterocycles. The fourth-order valence-corrected chi connectivity index (χ4v) is 6.46. The highest BCUT2D eigenvalue weighted by atomic mass is 14.2. The van der Waals surface area contributed by atoms with Crippen molar-refractivity contribution in [2.24, 2.45) is 0 Å². The Morgan fingerprint density at radius 1 is 0.561 bits per heavy atom. The summed E-state index contributed by atoms with van der Waals surface area (Å²) >= 11 is 0. The second kappa shape index (κ2) is 13.2. The molecule has 0 saturated carbocycles. The van der Waals surface area contributed by atoms with E-state index in [4.69, 9.17) is 0 Å². The number of unbranched alkanes of at least 4 members (excludes halogenated alkanes) is 9. The normalized spacial score (nSPS) is 12.5. The Kier molecular flexibility index (Phi) is 8.83. The first-order valence-corrected chi connectivity index (χ1v) is 16.0. The Bertz CT molecular complexity index is 1740. The summed E-state index contributed by atoms with van der Waals surface area (Å²) in [4.78, 5) is 0. The predicted molar refractivity (Wildman–Crippen MR) is 180 cm³/mol. The van der Waals surface area contributed by atoms with Crippen molar-refractivity contribution < 1.29 is 0 Å². The second-order valence-electron chi connectivity index (χ2n) is 11.9. The molecule has 1 aliphatic carbocycles. The molecule has 0 aromatic heterocycles. The van der Waals surface area contributed by atoms with Gasteiger partial charge in [-0.15, -0.1) is 0 Å². The fraction of sp³-hybridized carbons (Fsp3) is 0.317. The molecule has 1 aliphatic rings. The maximum atomic E-state index is 3.49. The monoisotopic (exact) mass is 534 g/mol. The molecule has 6 rings (SSSR count). The largest absolute Gasteiger partial charge is 0.0657 e. The van der Waals surface area contributed by atoms with Gasteiger partial charge >= 0.3 is 0 Å². The summed E-state index contributed by atoms with van der Waals surface area (Å²) in [7, 11) is 0. The van der Waals surface area contributed by atoms with Gasteiger partial charge in [-0.1, -0.05) is 137 Å². The molecular weight excluding hydrogens is 492 g/mol. The van der Waals surface area contributed by atoms with Crippen LogP contribution < -0.4 is 0 Å². The zero-order valence-corrected chi connectivity index (χ0v) is 24.6. The van der Waals surface area contributed by atoms with Gasteiger partial charge < -0.3 is 0 Å². The van der Waals surface area contributed by atoms with Crippen LogP contribution in [-0.2, 0) is 12.8 Å². The highest BCUT2D eigenvalue weighted by molar-refractivity contribution is 6.14. The van der Waals surface area contributed by atoms with Crippen molar-refractivity contribution in [1.82, 2.24) is 0 Å². The van der Waals surface area contributed by atoms with E-state index in [0.717, 1.165) is 12.0 Å². The molecule has 0 nitrogen and oxygen atoms in total. The van der Waals surface area contributed by atoms with Crippen LogP contribution in [0.2, 0.25) is 0 Å². The van der Waals surface area contributed by atoms with Crippen LogP contribution in [0.4, 0.5) is 0 Å². The van der Waals surface area contributed by atoms with Gasteiger partial charge in [-0.3, -0.25) is 0 Å². The lowest BCUT2D eigenvalue weighted by atomic mass is 9.94. The zero-order chi connectivity index (χ0) is 27.9. The summed E-state index contributed by atoms with van der Waals surface area (Å²) in [6, 6.07) is 31.4. The number of hydrogen-bond acceptors (Lipinski definition) is 0. The topological polar surface area (TPSA) is 0 Å². The van der Waals surface area contributed by atoms with E-state index in [9.17, 15) is 0 Å². The van der Waals surface area contributed by atoms with Gasteiger partial charge in [-0.25, -0.2) is 0 Å². The van der Waals surface area contributed by atoms with E-state index in [0.29, 0.717) is 0 Å². The van der Waals surface area contributed by atoms with E-state index in [1.807, 2.05) is 0 Å². The summed E-state index contributed by atoms with van der Waals surface area (Å²) < 4.78 is 0. The average molecular weight is 535 g/mol. The molecule has 0 N–H and O–H groups in total. The van der Waals surface area contributed by atoms with Crippen molar-refractivity contribution in [1.29, 1.82) is 0 Å². The number of allylic oxidation sites excluding steroid dienone is 1. The third-order valence-electron chi connectivity index (χ3n) is 8.85. The molecule has 0 atom stereocenters. The zero-order valence-electron chi connectivity index (χ0n) is 24.6. The van der Waals surface area contributed by atoms with Crippen LogP contribution in [0.1, 0.15) is 93.4 Å². The van der Waals surface area contributed by atoms with Crippen LogP contribution in [-0.4, -0.2) is 0 Å². The van der Waals surface area contributed by atoms with Crippen LogP contribution >= 0.6 is 0 Å². The minimum Gasteiger partial charge on any atom is -0.0657 e. The van der Waals surface area contributed by atoms with Gasteiger partial charge in [0.2, 0.25) is 0 Å². The lowest BCUT2D eigenvalue weighted by molar-refractivity contribution is 0.556. The Hall–Kier alpha value is -3.82. The van der Waals surface area contributed by atoms with E-state index in [1.165, 1.54) is 125 Å². The molecule has 0 radical (unpaired) electrons. The van der Waals surface area contributed by atoms with Gasteiger partial charge in [-0.05, 0) is 92.2 Å². The van der Waals surface area contributed by atoms with Crippen molar-refractivity contribution in [3.05, 3.63) is 113 Å². The average Bonchev–Trinajstić information content (AvgIpc) is 3.44. The van der Waals surface area contributed by atoms with Crippen molar-refractivity contribution in [2.75, 3.05) is 0 Å². The van der Waals surface area contributed by atoms with Crippen molar-refractivity contribution in [3.8, 4) is 11.8 Å². The third-order valence-corrected chi connectivity index (χ3v) is 8.85. The molecule has 0 bridgehead atoms. The molecule has 0 heteroatoms. The molecule has 0 heterocycles. The number of hydrogen-bond donors (Lipinski definition) is 0. The standard InChI is InChI=1S/C41H42/c1-2-3-4-5-6-7-8-9-10-11-14-31-17-19-32(20-18-31)21-22-33-27-36-23-25-39-38(40(36)28-33)26-24-37-29-34-15-12-13-16-35(34)30-41(37)39/h12-13,15-20,23-26,28-30H,2-11,14,27H2,1H3. The molecule has 0 unspecified atom stereocenters. The second-order valence-corrected chi connectivity index (χ2v) is 11.9. The summed E-state index contributed by atoms with van der Waals surface area (Å²) in [5, 5.41) is 7.88. The Labute approximate surface area is 246 Å². The van der Waals surface area contributed by atoms with E-state index in [2.05, 4.69) is 110 Å². The van der Waals surface area contributed by atoms with Crippen LogP contribution in [0, 0.1) is 11.8 Å². The van der Waals surface area contributed by atoms with Gasteiger partial charge in [0.05, 0.1) is 0 Å². The Morgan fingerprint density at radius 3 is 2.00 bits per heavy atom. The lowest BCUT2D eigenvalue weighted by Gasteiger charge is -2.09. The fourth-order valence-electron chi connectivity index (χ4n) is 6.46. The minimum absolute atomic E-state index is 0.921. The van der Waals surface area contributed by atoms with Crippen molar-refractivity contribution >= 4 is 38.4 Å². The van der Waals surface area contributed by atoms with E-state index in [-0.39, 0.29) is 0 Å². The third kappa shape index (κ3) is 6.57. The van der Waals surface area contributed by atoms with Crippen LogP contribution in [0.3, 0.4) is 0 Å². The van der Waals surface area contributed by atoms with E-state index in [1.54, 1.807) is 0 Å². The highest BCUT2D eigenvalue weighted by Crippen LogP contribution is 2.36. The maximum Gasteiger partial charge on any atom is 0.0249 e. The van der Waals surface area contributed by atoms with E-state index >= 15 is 0 Å². The molecule has 5 aromatic rings. The molecule has 5 aromatic carbocycles. The van der Waals surface area contributed by atoms with Gasteiger partial charge in [-0.2, -0.15) is 0 Å². The van der Waals surface area contributed by atoms with Crippen molar-refractivity contribution in [3.63, 3.8) is 0 Å². The highest BCUT2D eigenvalue weighted by Gasteiger charge is 2.15. The van der Waals surface area contributed by atoms with E-state index < -0.39 is 0 Å². The first-order valence-electron chi connectivity index (χ1n) is 16.0. The van der Waals surface area contributed by atoms with Crippen molar-refractivity contribution in [2.45, 2.75) is 84.0 Å². The SMILES string of the molecule is CCCCCCCCCCCCc1ccc(C#CC2=Cc3c(ccc4c3ccc3cc5ccccc5cc34)C2)cc1. The van der Waals surface area contributed by atoms with Gasteiger partial charge in [0.25, 0.3) is 0 Å². The first-order chi connectivity index (χ1) is 20.3. The summed E-state index contributed by atoms with van der Waals surface area (Å²) in [6.45, 7) is 2.29. The molecule has 41 heavy (non-hydrogen) atoms. The molecule has 0 fully saturated rings. The van der Waals surface area contributed by atoms with Gasteiger partial charge in [0, 0.05) is 17.6 Å². The molecule has 0 amide bonds. The Morgan fingerprint density at radius 2 is 1.24 bits per heavy atom. The van der Waals surface area contributed by atoms with Gasteiger partial charge in [0.15, 0.2) is 0 Å². The van der Waals surface area contributed by atoms with Gasteiger partial charge in [0.1, 0.15) is 0 Å². The molecular formula is C41H42. The summed E-state index contributed by atoms with van der Waals surface area (Å²) in [5.41, 5.74) is 6.48.